The Kier molecular flexibility index (Phi) is 7.89. The van der Waals surface area contributed by atoms with Crippen LogP contribution in [0.5, 0.6) is 5.75 Å². The third-order valence-electron chi connectivity index (χ3n) is 4.35. The van der Waals surface area contributed by atoms with Gasteiger partial charge in [0.25, 0.3) is 0 Å². The zero-order chi connectivity index (χ0) is 18.5. The number of para-hydroxylation sites is 1. The second-order valence-electron chi connectivity index (χ2n) is 6.27. The number of carbonyl (C=O) groups excluding carboxylic acids is 1. The van der Waals surface area contributed by atoms with Gasteiger partial charge < -0.3 is 15.0 Å². The van der Waals surface area contributed by atoms with Crippen molar-refractivity contribution in [1.82, 2.24) is 20.2 Å². The van der Waals surface area contributed by atoms with E-state index in [2.05, 4.69) is 15.3 Å². The summed E-state index contributed by atoms with van der Waals surface area (Å²) in [7, 11) is 1.66. The van der Waals surface area contributed by atoms with Gasteiger partial charge >= 0.3 is 0 Å². The molecule has 1 aromatic heterocycles. The highest BCUT2D eigenvalue weighted by molar-refractivity contribution is 7.99. The van der Waals surface area contributed by atoms with Crippen molar-refractivity contribution in [2.45, 2.75) is 25.0 Å². The molecule has 146 valence electrons. The normalized spacial score (nSPS) is 16.6. The van der Waals surface area contributed by atoms with E-state index in [4.69, 9.17) is 4.74 Å². The Bertz CT molecular complexity index is 770. The standard InChI is InChI=1S/C19H24N4O2S.ClH/c1-13-10-14(2)22-19(21-13)26-12-18(24)23-9-8-20-11-16(23)15-6-4-5-7-17(15)25-3;/h4-7,10,16,20H,8-9,11-12H2,1-3H3;1H. The number of benzene rings is 1. The number of rotatable bonds is 5. The average molecular weight is 409 g/mol. The van der Waals surface area contributed by atoms with Crippen molar-refractivity contribution in [3.63, 3.8) is 0 Å². The molecule has 27 heavy (non-hydrogen) atoms. The number of hydrogen-bond donors (Lipinski definition) is 1. The van der Waals surface area contributed by atoms with Crippen LogP contribution >= 0.6 is 24.2 Å². The van der Waals surface area contributed by atoms with Crippen molar-refractivity contribution in [2.24, 2.45) is 0 Å². The van der Waals surface area contributed by atoms with E-state index in [0.29, 0.717) is 17.5 Å². The number of nitrogens with one attached hydrogen (secondary N) is 1. The molecular weight excluding hydrogens is 384 g/mol. The van der Waals surface area contributed by atoms with Crippen molar-refractivity contribution in [3.8, 4) is 5.75 Å². The largest absolute Gasteiger partial charge is 0.496 e. The van der Waals surface area contributed by atoms with Gasteiger partial charge in [-0.25, -0.2) is 9.97 Å². The van der Waals surface area contributed by atoms with Gasteiger partial charge in [0.05, 0.1) is 18.9 Å². The van der Waals surface area contributed by atoms with E-state index in [9.17, 15) is 4.79 Å². The first-order chi connectivity index (χ1) is 12.6. The number of thioether (sulfide) groups is 1. The molecule has 1 fully saturated rings. The molecule has 8 heteroatoms. The summed E-state index contributed by atoms with van der Waals surface area (Å²) < 4.78 is 5.49. The Morgan fingerprint density at radius 1 is 1.30 bits per heavy atom. The highest BCUT2D eigenvalue weighted by Crippen LogP contribution is 2.30. The van der Waals surface area contributed by atoms with E-state index in [1.54, 1.807) is 7.11 Å². The van der Waals surface area contributed by atoms with Gasteiger partial charge in [0, 0.05) is 36.6 Å². The Morgan fingerprint density at radius 3 is 2.70 bits per heavy atom. The van der Waals surface area contributed by atoms with Gasteiger partial charge in [0.1, 0.15) is 5.75 Å². The van der Waals surface area contributed by atoms with Gasteiger partial charge in [-0.05, 0) is 26.0 Å². The van der Waals surface area contributed by atoms with E-state index in [1.165, 1.54) is 11.8 Å². The summed E-state index contributed by atoms with van der Waals surface area (Å²) >= 11 is 1.39. The van der Waals surface area contributed by atoms with Crippen LogP contribution in [0.15, 0.2) is 35.5 Å². The molecule has 6 nitrogen and oxygen atoms in total. The van der Waals surface area contributed by atoms with E-state index in [1.807, 2.05) is 49.1 Å². The molecule has 0 saturated carbocycles. The van der Waals surface area contributed by atoms with Crippen LogP contribution < -0.4 is 10.1 Å². The van der Waals surface area contributed by atoms with Crippen LogP contribution in [0.2, 0.25) is 0 Å². The molecule has 1 unspecified atom stereocenters. The first-order valence-electron chi connectivity index (χ1n) is 8.66. The molecule has 0 radical (unpaired) electrons. The summed E-state index contributed by atoms with van der Waals surface area (Å²) in [4.78, 5) is 23.6. The molecule has 1 atom stereocenters. The number of ether oxygens (including phenoxy) is 1. The van der Waals surface area contributed by atoms with Crippen molar-refractivity contribution in [2.75, 3.05) is 32.5 Å². The van der Waals surface area contributed by atoms with Crippen LogP contribution in [0.25, 0.3) is 0 Å². The lowest BCUT2D eigenvalue weighted by Gasteiger charge is -2.37. The van der Waals surface area contributed by atoms with Gasteiger partial charge in [-0.3, -0.25) is 4.79 Å². The molecule has 0 aliphatic carbocycles. The minimum atomic E-state index is -0.0341. The molecule has 0 bridgehead atoms. The third-order valence-corrected chi connectivity index (χ3v) is 5.18. The summed E-state index contributed by atoms with van der Waals surface area (Å²) in [6.45, 7) is 6.07. The summed E-state index contributed by atoms with van der Waals surface area (Å²) in [5.74, 6) is 1.23. The fourth-order valence-electron chi connectivity index (χ4n) is 3.19. The minimum Gasteiger partial charge on any atom is -0.496 e. The van der Waals surface area contributed by atoms with Gasteiger partial charge in [-0.1, -0.05) is 30.0 Å². The van der Waals surface area contributed by atoms with Gasteiger partial charge in [0.2, 0.25) is 5.91 Å². The molecule has 1 aliphatic rings. The van der Waals surface area contributed by atoms with Crippen LogP contribution in [-0.4, -0.2) is 53.3 Å². The quantitative estimate of drug-likeness (QED) is 0.606. The van der Waals surface area contributed by atoms with Gasteiger partial charge in [-0.15, -0.1) is 12.4 Å². The summed E-state index contributed by atoms with van der Waals surface area (Å²) in [5.41, 5.74) is 2.87. The zero-order valence-electron chi connectivity index (χ0n) is 15.8. The van der Waals surface area contributed by atoms with Crippen molar-refractivity contribution >= 4 is 30.1 Å². The lowest BCUT2D eigenvalue weighted by molar-refractivity contribution is -0.131. The number of hydrogen-bond acceptors (Lipinski definition) is 6. The second-order valence-corrected chi connectivity index (χ2v) is 7.21. The van der Waals surface area contributed by atoms with Crippen LogP contribution in [0.3, 0.4) is 0 Å². The van der Waals surface area contributed by atoms with E-state index in [0.717, 1.165) is 35.8 Å². The second kappa shape index (κ2) is 9.92. The zero-order valence-corrected chi connectivity index (χ0v) is 17.4. The van der Waals surface area contributed by atoms with Gasteiger partial charge in [-0.2, -0.15) is 0 Å². The number of piperazine rings is 1. The molecule has 1 N–H and O–H groups in total. The maximum absolute atomic E-state index is 12.9. The fraction of sp³-hybridized carbons (Fsp3) is 0.421. The monoisotopic (exact) mass is 408 g/mol. The molecule has 1 saturated heterocycles. The molecule has 2 heterocycles. The Labute approximate surface area is 170 Å². The number of carbonyl (C=O) groups is 1. The predicted molar refractivity (Wildman–Crippen MR) is 110 cm³/mol. The highest BCUT2D eigenvalue weighted by atomic mass is 35.5. The third kappa shape index (κ3) is 5.34. The van der Waals surface area contributed by atoms with Crippen LogP contribution in [0.4, 0.5) is 0 Å². The van der Waals surface area contributed by atoms with Crippen LogP contribution in [0, 0.1) is 13.8 Å². The summed E-state index contributed by atoms with van der Waals surface area (Å²) in [6.07, 6.45) is 0. The van der Waals surface area contributed by atoms with Gasteiger partial charge in [0.15, 0.2) is 5.16 Å². The summed E-state index contributed by atoms with van der Waals surface area (Å²) in [5, 5.41) is 4.03. The van der Waals surface area contributed by atoms with Crippen LogP contribution in [-0.2, 0) is 4.79 Å². The fourth-order valence-corrected chi connectivity index (χ4v) is 4.03. The number of aryl methyl sites for hydroxylation is 2. The highest BCUT2D eigenvalue weighted by Gasteiger charge is 2.29. The topological polar surface area (TPSA) is 67.3 Å². The average Bonchev–Trinajstić information content (AvgIpc) is 2.65. The summed E-state index contributed by atoms with van der Waals surface area (Å²) in [6, 6.07) is 9.78. The van der Waals surface area contributed by atoms with Crippen molar-refractivity contribution in [1.29, 1.82) is 0 Å². The first kappa shape index (κ1) is 21.5. The maximum atomic E-state index is 12.9. The Hall–Kier alpha value is -1.83. The first-order valence-corrected chi connectivity index (χ1v) is 9.65. The van der Waals surface area contributed by atoms with Crippen LogP contribution in [0.1, 0.15) is 23.0 Å². The molecule has 0 spiro atoms. The Morgan fingerprint density at radius 2 is 2.00 bits per heavy atom. The molecule has 1 amide bonds. The SMILES string of the molecule is COc1ccccc1C1CNCCN1C(=O)CSc1nc(C)cc(C)n1.Cl. The smallest absolute Gasteiger partial charge is 0.233 e. The number of methoxy groups -OCH3 is 1. The van der Waals surface area contributed by atoms with Crippen molar-refractivity contribution < 1.29 is 9.53 Å². The minimum absolute atomic E-state index is 0. The maximum Gasteiger partial charge on any atom is 0.233 e. The van der Waals surface area contributed by atoms with Crippen molar-refractivity contribution in [3.05, 3.63) is 47.3 Å². The lowest BCUT2D eigenvalue weighted by Crippen LogP contribution is -2.49. The van der Waals surface area contributed by atoms with E-state index >= 15 is 0 Å². The number of nitrogens with zero attached hydrogens (tertiary/aromatic N) is 3. The molecule has 1 aliphatic heterocycles. The Balaban J connectivity index is 0.00000261. The number of aromatic nitrogens is 2. The molecule has 2 aromatic rings. The number of amides is 1. The molecule has 1 aromatic carbocycles. The predicted octanol–water partition coefficient (Wildman–Crippen LogP) is 2.79. The van der Waals surface area contributed by atoms with E-state index in [-0.39, 0.29) is 24.4 Å². The molecular formula is C19H25ClN4O2S. The van der Waals surface area contributed by atoms with E-state index < -0.39 is 0 Å². The lowest BCUT2D eigenvalue weighted by atomic mass is 10.0. The molecule has 3 rings (SSSR count). The number of halogens is 1.